The number of aliphatic imine (C=N–C) groups is 1. The molecule has 3 rings (SSSR count). The Morgan fingerprint density at radius 2 is 1.83 bits per heavy atom. The maximum absolute atomic E-state index is 13.0. The summed E-state index contributed by atoms with van der Waals surface area (Å²) in [6.07, 6.45) is 0.833. The lowest BCUT2D eigenvalue weighted by atomic mass is 10.1. The Morgan fingerprint density at radius 3 is 2.45 bits per heavy atom. The second kappa shape index (κ2) is 9.22. The van der Waals surface area contributed by atoms with E-state index in [1.807, 2.05) is 32.9 Å². The molecule has 0 saturated carbocycles. The van der Waals surface area contributed by atoms with Gasteiger partial charge in [-0.15, -0.1) is 0 Å². The van der Waals surface area contributed by atoms with Crippen LogP contribution in [0.3, 0.4) is 0 Å². The molecule has 2 aromatic rings. The molecule has 0 aliphatic carbocycles. The molecule has 1 aliphatic rings. The second-order valence-electron chi connectivity index (χ2n) is 7.10. The number of anilines is 1. The van der Waals surface area contributed by atoms with Crippen LogP contribution in [0.5, 0.6) is 0 Å². The molecule has 29 heavy (non-hydrogen) atoms. The largest absolute Gasteiger partial charge is 0.326 e. The first-order valence-corrected chi connectivity index (χ1v) is 10.4. The van der Waals surface area contributed by atoms with Gasteiger partial charge in [0, 0.05) is 18.7 Å². The number of amides is 2. The fraction of sp³-hybridized carbons (Fsp3) is 0.318. The summed E-state index contributed by atoms with van der Waals surface area (Å²) < 4.78 is 13.0. The van der Waals surface area contributed by atoms with Crippen LogP contribution in [-0.2, 0) is 9.59 Å². The molecule has 1 atom stereocenters. The lowest BCUT2D eigenvalue weighted by Crippen LogP contribution is -2.34. The van der Waals surface area contributed by atoms with Crippen LogP contribution in [-0.4, -0.2) is 33.7 Å². The quantitative estimate of drug-likeness (QED) is 0.739. The van der Waals surface area contributed by atoms with Gasteiger partial charge in [0.2, 0.25) is 11.8 Å². The number of benzene rings is 2. The molecule has 2 aromatic carbocycles. The van der Waals surface area contributed by atoms with Crippen molar-refractivity contribution in [3.8, 4) is 0 Å². The van der Waals surface area contributed by atoms with E-state index in [0.29, 0.717) is 17.4 Å². The average Bonchev–Trinajstić information content (AvgIpc) is 2.92. The minimum absolute atomic E-state index is 0.0347. The lowest BCUT2D eigenvalue weighted by molar-refractivity contribution is -0.128. The van der Waals surface area contributed by atoms with Gasteiger partial charge in [0.1, 0.15) is 11.1 Å². The minimum atomic E-state index is -0.522. The summed E-state index contributed by atoms with van der Waals surface area (Å²) in [6, 6.07) is 11.6. The van der Waals surface area contributed by atoms with Gasteiger partial charge in [-0.3, -0.25) is 14.5 Å². The van der Waals surface area contributed by atoms with Crippen molar-refractivity contribution in [2.24, 2.45) is 4.99 Å². The highest BCUT2D eigenvalue weighted by molar-refractivity contribution is 8.15. The van der Waals surface area contributed by atoms with Crippen LogP contribution >= 0.6 is 11.8 Å². The lowest BCUT2D eigenvalue weighted by Gasteiger charge is -2.15. The first-order chi connectivity index (χ1) is 13.9. The molecule has 1 aliphatic heterocycles. The van der Waals surface area contributed by atoms with E-state index in [9.17, 15) is 14.0 Å². The minimum Gasteiger partial charge on any atom is -0.326 e. The molecule has 7 heteroatoms. The summed E-state index contributed by atoms with van der Waals surface area (Å²) in [6.45, 7) is 6.58. The summed E-state index contributed by atoms with van der Waals surface area (Å²) in [7, 11) is 0. The van der Waals surface area contributed by atoms with E-state index in [0.717, 1.165) is 23.2 Å². The van der Waals surface area contributed by atoms with Crippen molar-refractivity contribution in [1.29, 1.82) is 0 Å². The SMILES string of the molecule is CCCN1C(=O)[C@@H](CC(=O)Nc2ccc(F)cc2)SC1=Nc1cc(C)cc(C)c1. The molecule has 1 fully saturated rings. The smallest absolute Gasteiger partial charge is 0.242 e. The van der Waals surface area contributed by atoms with Gasteiger partial charge < -0.3 is 5.32 Å². The van der Waals surface area contributed by atoms with Crippen molar-refractivity contribution in [3.63, 3.8) is 0 Å². The van der Waals surface area contributed by atoms with Crippen LogP contribution in [0.15, 0.2) is 47.5 Å². The van der Waals surface area contributed by atoms with E-state index in [-0.39, 0.29) is 24.1 Å². The zero-order valence-electron chi connectivity index (χ0n) is 16.7. The van der Waals surface area contributed by atoms with Crippen LogP contribution in [0.25, 0.3) is 0 Å². The standard InChI is InChI=1S/C22H24FN3O2S/c1-4-9-26-21(28)19(13-20(27)24-17-7-5-16(23)6-8-17)29-22(26)25-18-11-14(2)10-15(3)12-18/h5-8,10-12,19H,4,9,13H2,1-3H3,(H,24,27)/t19-/m1/s1. The van der Waals surface area contributed by atoms with Gasteiger partial charge >= 0.3 is 0 Å². The number of nitrogens with zero attached hydrogens (tertiary/aromatic N) is 2. The molecule has 0 unspecified atom stereocenters. The van der Waals surface area contributed by atoms with Gasteiger partial charge in [0.25, 0.3) is 0 Å². The van der Waals surface area contributed by atoms with Crippen LogP contribution in [0.4, 0.5) is 15.8 Å². The second-order valence-corrected chi connectivity index (χ2v) is 8.27. The highest BCUT2D eigenvalue weighted by Gasteiger charge is 2.38. The van der Waals surface area contributed by atoms with Crippen molar-refractivity contribution in [3.05, 3.63) is 59.4 Å². The van der Waals surface area contributed by atoms with E-state index in [2.05, 4.69) is 11.4 Å². The van der Waals surface area contributed by atoms with Crippen molar-refractivity contribution >= 4 is 40.1 Å². The van der Waals surface area contributed by atoms with E-state index in [1.54, 1.807) is 4.90 Å². The number of rotatable bonds is 6. The highest BCUT2D eigenvalue weighted by Crippen LogP contribution is 2.32. The predicted molar refractivity (Wildman–Crippen MR) is 116 cm³/mol. The Balaban J connectivity index is 1.75. The van der Waals surface area contributed by atoms with Crippen LogP contribution in [0.2, 0.25) is 0 Å². The van der Waals surface area contributed by atoms with Crippen molar-refractivity contribution in [1.82, 2.24) is 4.90 Å². The maximum atomic E-state index is 13.0. The van der Waals surface area contributed by atoms with Gasteiger partial charge in [-0.25, -0.2) is 9.38 Å². The van der Waals surface area contributed by atoms with Crippen molar-refractivity contribution in [2.75, 3.05) is 11.9 Å². The molecule has 0 spiro atoms. The maximum Gasteiger partial charge on any atom is 0.242 e. The van der Waals surface area contributed by atoms with Gasteiger partial charge in [-0.05, 0) is 67.8 Å². The number of halogens is 1. The summed E-state index contributed by atoms with van der Waals surface area (Å²) in [5, 5.41) is 2.82. The summed E-state index contributed by atoms with van der Waals surface area (Å²) >= 11 is 1.32. The third kappa shape index (κ3) is 5.44. The number of carbonyl (C=O) groups excluding carboxylic acids is 2. The molecule has 0 radical (unpaired) electrons. The fourth-order valence-corrected chi connectivity index (χ4v) is 4.38. The Morgan fingerprint density at radius 1 is 1.17 bits per heavy atom. The molecule has 152 valence electrons. The van der Waals surface area contributed by atoms with Crippen LogP contribution < -0.4 is 5.32 Å². The third-order valence-corrected chi connectivity index (χ3v) is 5.57. The molecular formula is C22H24FN3O2S. The van der Waals surface area contributed by atoms with Crippen LogP contribution in [0.1, 0.15) is 30.9 Å². The van der Waals surface area contributed by atoms with Gasteiger partial charge in [-0.2, -0.15) is 0 Å². The number of amidine groups is 1. The Labute approximate surface area is 174 Å². The fourth-order valence-electron chi connectivity index (χ4n) is 3.19. The van der Waals surface area contributed by atoms with E-state index in [4.69, 9.17) is 4.99 Å². The molecule has 0 bridgehead atoms. The van der Waals surface area contributed by atoms with Gasteiger partial charge in [0.15, 0.2) is 5.17 Å². The number of hydrogen-bond donors (Lipinski definition) is 1. The molecule has 1 saturated heterocycles. The van der Waals surface area contributed by atoms with Crippen molar-refractivity contribution in [2.45, 2.75) is 38.9 Å². The first-order valence-electron chi connectivity index (χ1n) is 9.56. The Kier molecular flexibility index (Phi) is 6.69. The monoisotopic (exact) mass is 413 g/mol. The average molecular weight is 414 g/mol. The number of carbonyl (C=O) groups is 2. The zero-order chi connectivity index (χ0) is 21.0. The zero-order valence-corrected chi connectivity index (χ0v) is 17.6. The number of thioether (sulfide) groups is 1. The molecular weight excluding hydrogens is 389 g/mol. The molecule has 0 aromatic heterocycles. The van der Waals surface area contributed by atoms with E-state index in [1.165, 1.54) is 36.0 Å². The Bertz CT molecular complexity index is 923. The van der Waals surface area contributed by atoms with Crippen molar-refractivity contribution < 1.29 is 14.0 Å². The Hall–Kier alpha value is -2.67. The molecule has 1 heterocycles. The molecule has 1 N–H and O–H groups in total. The van der Waals surface area contributed by atoms with Gasteiger partial charge in [0.05, 0.1) is 5.69 Å². The normalized spacial score (nSPS) is 17.8. The first kappa shape index (κ1) is 21.0. The highest BCUT2D eigenvalue weighted by atomic mass is 32.2. The van der Waals surface area contributed by atoms with Crippen LogP contribution in [0, 0.1) is 19.7 Å². The summed E-state index contributed by atoms with van der Waals surface area (Å²) in [4.78, 5) is 31.6. The van der Waals surface area contributed by atoms with E-state index >= 15 is 0 Å². The topological polar surface area (TPSA) is 61.8 Å². The molecule has 5 nitrogen and oxygen atoms in total. The van der Waals surface area contributed by atoms with E-state index < -0.39 is 5.25 Å². The summed E-state index contributed by atoms with van der Waals surface area (Å²) in [5.41, 5.74) is 3.52. The summed E-state index contributed by atoms with van der Waals surface area (Å²) in [5.74, 6) is -0.757. The number of nitrogens with one attached hydrogen (secondary N) is 1. The number of aryl methyl sites for hydroxylation is 2. The third-order valence-electron chi connectivity index (χ3n) is 4.40. The van der Waals surface area contributed by atoms with Gasteiger partial charge in [-0.1, -0.05) is 24.8 Å². The molecule has 2 amide bonds. The number of hydrogen-bond acceptors (Lipinski definition) is 4. The predicted octanol–water partition coefficient (Wildman–Crippen LogP) is 4.81.